The fourth-order valence-corrected chi connectivity index (χ4v) is 3.04. The molecule has 0 amide bonds. The van der Waals surface area contributed by atoms with Gasteiger partial charge in [0.2, 0.25) is 0 Å². The number of aromatic nitrogens is 1. The largest absolute Gasteiger partial charge is 0.350 e. The Morgan fingerprint density at radius 3 is 2.68 bits per heavy atom. The number of thiazole rings is 1. The third-order valence-corrected chi connectivity index (χ3v) is 4.43. The standard InChI is InChI=1S/C18H15N3O3S/c1-11(22)13-6-7-16(18(9-13)21(23)24)20-15-5-3-4-14(8-15)17-10-25-12(2)19-17/h3-10,20H,1-2H3. The first-order chi connectivity index (χ1) is 11.9. The van der Waals surface area contributed by atoms with Crippen molar-refractivity contribution in [2.24, 2.45) is 0 Å². The van der Waals surface area contributed by atoms with E-state index in [1.165, 1.54) is 13.0 Å². The normalized spacial score (nSPS) is 10.5. The topological polar surface area (TPSA) is 85.1 Å². The molecule has 7 heteroatoms. The van der Waals surface area contributed by atoms with Crippen molar-refractivity contribution in [3.8, 4) is 11.3 Å². The molecule has 25 heavy (non-hydrogen) atoms. The molecule has 0 saturated heterocycles. The molecular weight excluding hydrogens is 338 g/mol. The van der Waals surface area contributed by atoms with Gasteiger partial charge in [-0.1, -0.05) is 12.1 Å². The van der Waals surface area contributed by atoms with Crippen molar-refractivity contribution in [3.63, 3.8) is 0 Å². The number of carbonyl (C=O) groups excluding carboxylic acids is 1. The highest BCUT2D eigenvalue weighted by Gasteiger charge is 2.16. The van der Waals surface area contributed by atoms with Crippen LogP contribution in [0.25, 0.3) is 11.3 Å². The molecule has 0 aliphatic rings. The minimum absolute atomic E-state index is 0.136. The van der Waals surface area contributed by atoms with Gasteiger partial charge in [0.25, 0.3) is 5.69 Å². The number of nitrogens with one attached hydrogen (secondary N) is 1. The number of Topliss-reactive ketones (excluding diaryl/α,β-unsaturated/α-hetero) is 1. The molecule has 126 valence electrons. The lowest BCUT2D eigenvalue weighted by Crippen LogP contribution is -2.00. The van der Waals surface area contributed by atoms with Gasteiger partial charge in [-0.2, -0.15) is 0 Å². The van der Waals surface area contributed by atoms with Crippen LogP contribution in [0.15, 0.2) is 47.8 Å². The summed E-state index contributed by atoms with van der Waals surface area (Å²) in [5.41, 5.74) is 3.01. The van der Waals surface area contributed by atoms with Crippen LogP contribution in [-0.4, -0.2) is 15.7 Å². The number of hydrogen-bond donors (Lipinski definition) is 1. The van der Waals surface area contributed by atoms with Gasteiger partial charge in [0.05, 0.1) is 15.6 Å². The number of rotatable bonds is 5. The molecule has 6 nitrogen and oxygen atoms in total. The van der Waals surface area contributed by atoms with Crippen LogP contribution in [-0.2, 0) is 0 Å². The molecule has 3 aromatic rings. The van der Waals surface area contributed by atoms with Gasteiger partial charge in [0.1, 0.15) is 5.69 Å². The quantitative estimate of drug-likeness (QED) is 0.397. The van der Waals surface area contributed by atoms with Crippen LogP contribution in [0.2, 0.25) is 0 Å². The summed E-state index contributed by atoms with van der Waals surface area (Å²) in [7, 11) is 0. The monoisotopic (exact) mass is 353 g/mol. The van der Waals surface area contributed by atoms with Crippen molar-refractivity contribution in [1.29, 1.82) is 0 Å². The van der Waals surface area contributed by atoms with Gasteiger partial charge in [-0.25, -0.2) is 4.98 Å². The Labute approximate surface area is 148 Å². The Kier molecular flexibility index (Phi) is 4.58. The van der Waals surface area contributed by atoms with Crippen LogP contribution in [0.5, 0.6) is 0 Å². The van der Waals surface area contributed by atoms with E-state index in [9.17, 15) is 14.9 Å². The Morgan fingerprint density at radius 1 is 1.24 bits per heavy atom. The summed E-state index contributed by atoms with van der Waals surface area (Å²) in [6, 6.07) is 11.9. The van der Waals surface area contributed by atoms with Crippen molar-refractivity contribution in [3.05, 3.63) is 68.5 Å². The van der Waals surface area contributed by atoms with Crippen LogP contribution in [0, 0.1) is 17.0 Å². The lowest BCUT2D eigenvalue weighted by molar-refractivity contribution is -0.383. The summed E-state index contributed by atoms with van der Waals surface area (Å²) >= 11 is 1.57. The number of benzene rings is 2. The molecule has 0 radical (unpaired) electrons. The van der Waals surface area contributed by atoms with Crippen LogP contribution >= 0.6 is 11.3 Å². The second-order valence-electron chi connectivity index (χ2n) is 5.50. The smallest absolute Gasteiger partial charge is 0.293 e. The number of hydrogen-bond acceptors (Lipinski definition) is 6. The van der Waals surface area contributed by atoms with Gasteiger partial charge in [0.15, 0.2) is 5.78 Å². The van der Waals surface area contributed by atoms with Gasteiger partial charge in [0, 0.05) is 28.3 Å². The van der Waals surface area contributed by atoms with Gasteiger partial charge in [-0.15, -0.1) is 11.3 Å². The summed E-state index contributed by atoms with van der Waals surface area (Å²) in [6.45, 7) is 3.32. The molecule has 0 saturated carbocycles. The SMILES string of the molecule is CC(=O)c1ccc(Nc2cccc(-c3csc(C)n3)c2)c([N+](=O)[O-])c1. The number of nitrogens with zero attached hydrogens (tertiary/aromatic N) is 2. The molecule has 2 aromatic carbocycles. The van der Waals surface area contributed by atoms with Crippen LogP contribution in [0.3, 0.4) is 0 Å². The lowest BCUT2D eigenvalue weighted by atomic mass is 10.1. The van der Waals surface area contributed by atoms with Crippen LogP contribution < -0.4 is 5.32 Å². The predicted octanol–water partition coefficient (Wildman–Crippen LogP) is 4.97. The van der Waals surface area contributed by atoms with E-state index in [4.69, 9.17) is 0 Å². The minimum atomic E-state index is -0.498. The van der Waals surface area contributed by atoms with E-state index in [-0.39, 0.29) is 11.5 Å². The van der Waals surface area contributed by atoms with E-state index in [1.54, 1.807) is 23.5 Å². The summed E-state index contributed by atoms with van der Waals surface area (Å²) in [6.07, 6.45) is 0. The molecule has 0 bridgehead atoms. The summed E-state index contributed by atoms with van der Waals surface area (Å²) in [5.74, 6) is -0.212. The zero-order chi connectivity index (χ0) is 18.0. The Bertz CT molecular complexity index is 966. The second-order valence-corrected chi connectivity index (χ2v) is 6.57. The zero-order valence-corrected chi connectivity index (χ0v) is 14.5. The maximum absolute atomic E-state index is 11.4. The summed E-state index contributed by atoms with van der Waals surface area (Å²) in [4.78, 5) is 26.7. The highest BCUT2D eigenvalue weighted by atomic mass is 32.1. The summed E-state index contributed by atoms with van der Waals surface area (Å²) in [5, 5.41) is 17.3. The Balaban J connectivity index is 1.95. The first kappa shape index (κ1) is 16.8. The molecule has 0 spiro atoms. The predicted molar refractivity (Wildman–Crippen MR) is 98.7 cm³/mol. The van der Waals surface area contributed by atoms with E-state index >= 15 is 0 Å². The van der Waals surface area contributed by atoms with E-state index in [0.717, 1.165) is 16.3 Å². The minimum Gasteiger partial charge on any atom is -0.350 e. The number of carbonyl (C=O) groups is 1. The number of nitro groups is 1. The first-order valence-electron chi connectivity index (χ1n) is 7.53. The van der Waals surface area contributed by atoms with Crippen LogP contribution in [0.4, 0.5) is 17.1 Å². The number of nitro benzene ring substituents is 1. The molecular formula is C18H15N3O3S. The maximum Gasteiger partial charge on any atom is 0.293 e. The van der Waals surface area contributed by atoms with E-state index < -0.39 is 4.92 Å². The molecule has 1 N–H and O–H groups in total. The molecule has 0 unspecified atom stereocenters. The first-order valence-corrected chi connectivity index (χ1v) is 8.41. The average molecular weight is 353 g/mol. The Hall–Kier alpha value is -3.06. The third-order valence-electron chi connectivity index (χ3n) is 3.66. The summed E-state index contributed by atoms with van der Waals surface area (Å²) < 4.78 is 0. The van der Waals surface area contributed by atoms with E-state index in [2.05, 4.69) is 10.3 Å². The highest BCUT2D eigenvalue weighted by Crippen LogP contribution is 2.31. The number of anilines is 2. The van der Waals surface area contributed by atoms with Crippen molar-refractivity contribution < 1.29 is 9.72 Å². The number of ketones is 1. The van der Waals surface area contributed by atoms with Crippen molar-refractivity contribution in [2.75, 3.05) is 5.32 Å². The average Bonchev–Trinajstić information content (AvgIpc) is 3.01. The highest BCUT2D eigenvalue weighted by molar-refractivity contribution is 7.09. The van der Waals surface area contributed by atoms with Crippen molar-refractivity contribution in [1.82, 2.24) is 4.98 Å². The van der Waals surface area contributed by atoms with Crippen LogP contribution in [0.1, 0.15) is 22.3 Å². The molecule has 0 atom stereocenters. The zero-order valence-electron chi connectivity index (χ0n) is 13.6. The molecule has 0 aliphatic carbocycles. The fourth-order valence-electron chi connectivity index (χ4n) is 2.42. The fraction of sp³-hybridized carbons (Fsp3) is 0.111. The third kappa shape index (κ3) is 3.72. The van der Waals surface area contributed by atoms with Gasteiger partial charge in [-0.3, -0.25) is 14.9 Å². The molecule has 0 aliphatic heterocycles. The van der Waals surface area contributed by atoms with Gasteiger partial charge < -0.3 is 5.32 Å². The van der Waals surface area contributed by atoms with Crippen molar-refractivity contribution in [2.45, 2.75) is 13.8 Å². The van der Waals surface area contributed by atoms with Gasteiger partial charge in [-0.05, 0) is 38.1 Å². The van der Waals surface area contributed by atoms with E-state index in [1.807, 2.05) is 36.6 Å². The second kappa shape index (κ2) is 6.82. The molecule has 0 fully saturated rings. The van der Waals surface area contributed by atoms with Gasteiger partial charge >= 0.3 is 0 Å². The maximum atomic E-state index is 11.4. The molecule has 1 heterocycles. The molecule has 3 rings (SSSR count). The molecule has 1 aromatic heterocycles. The van der Waals surface area contributed by atoms with Crippen molar-refractivity contribution >= 4 is 34.2 Å². The Morgan fingerprint density at radius 2 is 2.04 bits per heavy atom. The number of aryl methyl sites for hydroxylation is 1. The van der Waals surface area contributed by atoms with E-state index in [0.29, 0.717) is 16.9 Å². The lowest BCUT2D eigenvalue weighted by Gasteiger charge is -2.09.